The van der Waals surface area contributed by atoms with Gasteiger partial charge < -0.3 is 15.0 Å². The minimum atomic E-state index is -0.841. The lowest BCUT2D eigenvalue weighted by atomic mass is 9.83. The number of H-pyrrole nitrogens is 1. The SMILES string of the molecule is COc1ccc(CCNC(C)(C(=O)c2c[nH]c3c(C)cccc23)c2ccccc2)cc1. The molecule has 31 heavy (non-hydrogen) atoms. The summed E-state index contributed by atoms with van der Waals surface area (Å²) >= 11 is 0. The van der Waals surface area contributed by atoms with Crippen molar-refractivity contribution in [3.63, 3.8) is 0 Å². The quantitative estimate of drug-likeness (QED) is 0.380. The van der Waals surface area contributed by atoms with Crippen LogP contribution in [0.4, 0.5) is 0 Å². The maximum absolute atomic E-state index is 13.9. The maximum Gasteiger partial charge on any atom is 0.189 e. The van der Waals surface area contributed by atoms with Gasteiger partial charge in [-0.2, -0.15) is 0 Å². The van der Waals surface area contributed by atoms with Crippen LogP contribution in [0.15, 0.2) is 79.0 Å². The Morgan fingerprint density at radius 1 is 1.00 bits per heavy atom. The van der Waals surface area contributed by atoms with E-state index in [4.69, 9.17) is 4.74 Å². The van der Waals surface area contributed by atoms with E-state index in [1.54, 1.807) is 7.11 Å². The number of methoxy groups -OCH3 is 1. The van der Waals surface area contributed by atoms with Crippen molar-refractivity contribution in [3.8, 4) is 5.75 Å². The van der Waals surface area contributed by atoms with Crippen LogP contribution in [0.2, 0.25) is 0 Å². The van der Waals surface area contributed by atoms with Gasteiger partial charge in [0.1, 0.15) is 11.3 Å². The van der Waals surface area contributed by atoms with E-state index in [0.29, 0.717) is 12.1 Å². The van der Waals surface area contributed by atoms with Crippen LogP contribution in [0.3, 0.4) is 0 Å². The molecular weight excluding hydrogens is 384 g/mol. The number of hydrogen-bond donors (Lipinski definition) is 2. The molecule has 0 radical (unpaired) electrons. The Morgan fingerprint density at radius 3 is 2.45 bits per heavy atom. The fourth-order valence-electron chi connectivity index (χ4n) is 4.10. The van der Waals surface area contributed by atoms with Gasteiger partial charge in [0.25, 0.3) is 0 Å². The lowest BCUT2D eigenvalue weighted by Gasteiger charge is -2.30. The second-order valence-electron chi connectivity index (χ2n) is 8.04. The van der Waals surface area contributed by atoms with E-state index in [1.165, 1.54) is 5.56 Å². The number of para-hydroxylation sites is 1. The summed E-state index contributed by atoms with van der Waals surface area (Å²) in [5.74, 6) is 0.904. The number of nitrogens with one attached hydrogen (secondary N) is 2. The number of hydrogen-bond acceptors (Lipinski definition) is 3. The molecule has 1 unspecified atom stereocenters. The summed E-state index contributed by atoms with van der Waals surface area (Å²) in [7, 11) is 1.67. The first kappa shape index (κ1) is 20.9. The average Bonchev–Trinajstić information content (AvgIpc) is 3.25. The van der Waals surface area contributed by atoms with Gasteiger partial charge in [-0.3, -0.25) is 4.79 Å². The normalized spacial score (nSPS) is 13.1. The Labute approximate surface area is 183 Å². The molecule has 4 nitrogen and oxygen atoms in total. The number of benzene rings is 3. The Bertz CT molecular complexity index is 1180. The molecule has 0 saturated carbocycles. The highest BCUT2D eigenvalue weighted by atomic mass is 16.5. The van der Waals surface area contributed by atoms with E-state index in [1.807, 2.05) is 67.7 Å². The van der Waals surface area contributed by atoms with Gasteiger partial charge in [-0.15, -0.1) is 0 Å². The summed E-state index contributed by atoms with van der Waals surface area (Å²) < 4.78 is 5.24. The highest BCUT2D eigenvalue weighted by Crippen LogP contribution is 2.30. The van der Waals surface area contributed by atoms with Crippen LogP contribution in [-0.4, -0.2) is 24.4 Å². The molecule has 158 valence electrons. The highest BCUT2D eigenvalue weighted by molar-refractivity contribution is 6.12. The third kappa shape index (κ3) is 4.12. The predicted molar refractivity (Wildman–Crippen MR) is 126 cm³/mol. The van der Waals surface area contributed by atoms with E-state index in [9.17, 15) is 4.79 Å². The van der Waals surface area contributed by atoms with Crippen molar-refractivity contribution >= 4 is 16.7 Å². The third-order valence-corrected chi connectivity index (χ3v) is 6.02. The number of fused-ring (bicyclic) bond motifs is 1. The van der Waals surface area contributed by atoms with Gasteiger partial charge in [0.05, 0.1) is 7.11 Å². The van der Waals surface area contributed by atoms with E-state index >= 15 is 0 Å². The van der Waals surface area contributed by atoms with Gasteiger partial charge >= 0.3 is 0 Å². The Morgan fingerprint density at radius 2 is 1.74 bits per heavy atom. The zero-order valence-electron chi connectivity index (χ0n) is 18.2. The molecule has 4 rings (SSSR count). The van der Waals surface area contributed by atoms with Gasteiger partial charge in [-0.25, -0.2) is 0 Å². The standard InChI is InChI=1S/C27H28N2O2/c1-19-8-7-11-23-24(18-28-25(19)23)26(30)27(2,21-9-5-4-6-10-21)29-17-16-20-12-14-22(31-3)15-13-20/h4-15,18,28-29H,16-17H2,1-3H3. The van der Waals surface area contributed by atoms with Crippen molar-refractivity contribution in [1.29, 1.82) is 0 Å². The second-order valence-corrected chi connectivity index (χ2v) is 8.04. The molecule has 0 saturated heterocycles. The van der Waals surface area contributed by atoms with E-state index < -0.39 is 5.54 Å². The number of ketones is 1. The van der Waals surface area contributed by atoms with Gasteiger partial charge in [-0.05, 0) is 49.1 Å². The fourth-order valence-corrected chi connectivity index (χ4v) is 4.10. The van der Waals surface area contributed by atoms with Gasteiger partial charge in [0, 0.05) is 29.2 Å². The highest BCUT2D eigenvalue weighted by Gasteiger charge is 2.36. The molecule has 0 amide bonds. The number of aryl methyl sites for hydroxylation is 1. The molecule has 0 aliphatic carbocycles. The molecule has 4 heteroatoms. The van der Waals surface area contributed by atoms with Gasteiger partial charge in [-0.1, -0.05) is 60.7 Å². The summed E-state index contributed by atoms with van der Waals surface area (Å²) in [5, 5.41) is 4.52. The lowest BCUT2D eigenvalue weighted by molar-refractivity contribution is 0.0866. The topological polar surface area (TPSA) is 54.1 Å². The molecule has 3 aromatic carbocycles. The van der Waals surface area contributed by atoms with Crippen molar-refractivity contribution in [3.05, 3.63) is 101 Å². The molecule has 0 bridgehead atoms. The Balaban J connectivity index is 1.63. The number of Topliss-reactive ketones (excluding diaryl/α,β-unsaturated/α-hetero) is 1. The first-order chi connectivity index (χ1) is 15.0. The molecule has 0 aliphatic heterocycles. The van der Waals surface area contributed by atoms with Crippen molar-refractivity contribution in [1.82, 2.24) is 10.3 Å². The number of aromatic amines is 1. The first-order valence-corrected chi connectivity index (χ1v) is 10.6. The van der Waals surface area contributed by atoms with E-state index in [0.717, 1.165) is 34.2 Å². The van der Waals surface area contributed by atoms with Crippen LogP contribution in [0.5, 0.6) is 5.75 Å². The molecule has 2 N–H and O–H groups in total. The van der Waals surface area contributed by atoms with E-state index in [-0.39, 0.29) is 5.78 Å². The monoisotopic (exact) mass is 412 g/mol. The largest absolute Gasteiger partial charge is 0.497 e. The molecule has 0 aliphatic rings. The lowest BCUT2D eigenvalue weighted by Crippen LogP contribution is -2.47. The third-order valence-electron chi connectivity index (χ3n) is 6.02. The minimum absolute atomic E-state index is 0.0604. The van der Waals surface area contributed by atoms with Gasteiger partial charge in [0.2, 0.25) is 0 Å². The Hall–Kier alpha value is -3.37. The van der Waals surface area contributed by atoms with Crippen molar-refractivity contribution in [2.75, 3.05) is 13.7 Å². The number of carbonyl (C=O) groups excluding carboxylic acids is 1. The van der Waals surface area contributed by atoms with Crippen LogP contribution >= 0.6 is 0 Å². The van der Waals surface area contributed by atoms with Gasteiger partial charge in [0.15, 0.2) is 5.78 Å². The van der Waals surface area contributed by atoms with Crippen LogP contribution < -0.4 is 10.1 Å². The summed E-state index contributed by atoms with van der Waals surface area (Å²) in [6.07, 6.45) is 2.65. The molecule has 1 heterocycles. The average molecular weight is 413 g/mol. The van der Waals surface area contributed by atoms with E-state index in [2.05, 4.69) is 35.4 Å². The smallest absolute Gasteiger partial charge is 0.189 e. The van der Waals surface area contributed by atoms with Crippen LogP contribution in [0, 0.1) is 6.92 Å². The molecular formula is C27H28N2O2. The molecule has 0 fully saturated rings. The number of aromatic nitrogens is 1. The van der Waals surface area contributed by atoms with Crippen LogP contribution in [-0.2, 0) is 12.0 Å². The number of rotatable bonds is 8. The van der Waals surface area contributed by atoms with Crippen molar-refractivity contribution in [2.45, 2.75) is 25.8 Å². The van der Waals surface area contributed by atoms with Crippen molar-refractivity contribution < 1.29 is 9.53 Å². The maximum atomic E-state index is 13.9. The van der Waals surface area contributed by atoms with Crippen LogP contribution in [0.25, 0.3) is 10.9 Å². The zero-order valence-corrected chi connectivity index (χ0v) is 18.2. The number of ether oxygens (including phenoxy) is 1. The summed E-state index contributed by atoms with van der Waals surface area (Å²) in [6.45, 7) is 4.70. The molecule has 0 spiro atoms. The summed E-state index contributed by atoms with van der Waals surface area (Å²) in [5.41, 5.74) is 4.16. The zero-order chi connectivity index (χ0) is 21.8. The molecule has 4 aromatic rings. The fraction of sp³-hybridized carbons (Fsp3) is 0.222. The summed E-state index contributed by atoms with van der Waals surface area (Å²) in [6, 6.07) is 24.1. The van der Waals surface area contributed by atoms with Crippen LogP contribution in [0.1, 0.15) is 34.0 Å². The molecule has 1 atom stereocenters. The predicted octanol–water partition coefficient (Wildman–Crippen LogP) is 5.42. The Kier molecular flexibility index (Phi) is 5.92. The van der Waals surface area contributed by atoms with Crippen molar-refractivity contribution in [2.24, 2.45) is 0 Å². The first-order valence-electron chi connectivity index (χ1n) is 10.6. The molecule has 1 aromatic heterocycles. The second kappa shape index (κ2) is 8.78. The minimum Gasteiger partial charge on any atom is -0.497 e. The number of carbonyl (C=O) groups is 1. The summed E-state index contributed by atoms with van der Waals surface area (Å²) in [4.78, 5) is 17.2.